The molecule has 0 heterocycles. The zero-order valence-electron chi connectivity index (χ0n) is 18.0. The van der Waals surface area contributed by atoms with Crippen LogP contribution in [0, 0.1) is 0 Å². The molecule has 0 radical (unpaired) electrons. The number of ether oxygens (including phenoxy) is 1. The number of Topliss-reactive ketones (excluding diaryl/α,β-unsaturated/α-hetero) is 2. The summed E-state index contributed by atoms with van der Waals surface area (Å²) in [6, 6.07) is 0. The molecule has 0 rings (SSSR count). The van der Waals surface area contributed by atoms with E-state index in [-0.39, 0.29) is 18.2 Å². The van der Waals surface area contributed by atoms with E-state index in [0.29, 0.717) is 75.9 Å². The fourth-order valence-corrected chi connectivity index (χ4v) is 2.99. The summed E-state index contributed by atoms with van der Waals surface area (Å²) < 4.78 is 20.9. The fourth-order valence-electron chi connectivity index (χ4n) is 2.68. The first kappa shape index (κ1) is 28.3. The summed E-state index contributed by atoms with van der Waals surface area (Å²) in [7, 11) is -0.859. The number of nitrogens with zero attached hydrogens (tertiary/aromatic N) is 1. The predicted octanol–water partition coefficient (Wildman–Crippen LogP) is 1.16. The standard InChI is InChI=1S/C19H39N2O7P/c1-21(2,14-17-28-29(24,25)26)13-16-27-15-7-11-19(23)10-6-9-18(22)8-4-3-5-12-20/h3-17,20H2,1-2H3,(H-,24,25,26). The molecular formula is C19H39N2O7P. The molecule has 0 bridgehead atoms. The average molecular weight is 439 g/mol. The van der Waals surface area contributed by atoms with Crippen LogP contribution in [0.5, 0.6) is 0 Å². The Morgan fingerprint density at radius 3 is 2.03 bits per heavy atom. The summed E-state index contributed by atoms with van der Waals surface area (Å²) >= 11 is 0. The van der Waals surface area contributed by atoms with Crippen molar-refractivity contribution in [3.63, 3.8) is 0 Å². The van der Waals surface area contributed by atoms with E-state index in [1.807, 2.05) is 14.1 Å². The SMILES string of the molecule is C[N+](C)(CCOCCCC(=O)CCCC(=O)CCCCCN)CCOP(=O)([O-])O. The topological polar surface area (TPSA) is 139 Å². The monoisotopic (exact) mass is 438 g/mol. The summed E-state index contributed by atoms with van der Waals surface area (Å²) in [5.74, 6) is 0.380. The van der Waals surface area contributed by atoms with Crippen molar-refractivity contribution in [3.05, 3.63) is 0 Å². The van der Waals surface area contributed by atoms with Gasteiger partial charge in [-0.2, -0.15) is 0 Å². The van der Waals surface area contributed by atoms with Crippen LogP contribution < -0.4 is 10.6 Å². The Balaban J connectivity index is 3.61. The molecule has 0 aliphatic heterocycles. The lowest BCUT2D eigenvalue weighted by Gasteiger charge is -2.30. The van der Waals surface area contributed by atoms with Gasteiger partial charge in [-0.1, -0.05) is 6.42 Å². The summed E-state index contributed by atoms with van der Waals surface area (Å²) in [6.45, 7) is 2.60. The number of carbonyl (C=O) groups is 2. The number of nitrogens with two attached hydrogens (primary N) is 1. The van der Waals surface area contributed by atoms with E-state index < -0.39 is 7.82 Å². The second-order valence-electron chi connectivity index (χ2n) is 7.93. The first-order valence-corrected chi connectivity index (χ1v) is 11.9. The summed E-state index contributed by atoms with van der Waals surface area (Å²) in [6.07, 6.45) is 6.02. The molecule has 3 N–H and O–H groups in total. The van der Waals surface area contributed by atoms with Crippen LogP contribution in [0.4, 0.5) is 0 Å². The van der Waals surface area contributed by atoms with Crippen LogP contribution in [0.15, 0.2) is 0 Å². The van der Waals surface area contributed by atoms with Crippen molar-refractivity contribution < 1.29 is 37.7 Å². The quantitative estimate of drug-likeness (QED) is 0.164. The van der Waals surface area contributed by atoms with Crippen molar-refractivity contribution in [1.82, 2.24) is 0 Å². The molecule has 1 unspecified atom stereocenters. The van der Waals surface area contributed by atoms with E-state index in [2.05, 4.69) is 4.52 Å². The first-order chi connectivity index (χ1) is 13.6. The van der Waals surface area contributed by atoms with Crippen LogP contribution in [0.25, 0.3) is 0 Å². The van der Waals surface area contributed by atoms with Gasteiger partial charge in [-0.3, -0.25) is 14.2 Å². The third-order valence-corrected chi connectivity index (χ3v) is 5.12. The number of likely N-dealkylation sites (N-methyl/N-ethyl adjacent to an activating group) is 1. The highest BCUT2D eigenvalue weighted by atomic mass is 31.2. The lowest BCUT2D eigenvalue weighted by Crippen LogP contribution is -2.44. The average Bonchev–Trinajstić information content (AvgIpc) is 2.60. The minimum absolute atomic E-state index is 0.0883. The summed E-state index contributed by atoms with van der Waals surface area (Å²) in [4.78, 5) is 42.7. The van der Waals surface area contributed by atoms with Crippen molar-refractivity contribution >= 4 is 19.4 Å². The van der Waals surface area contributed by atoms with Crippen LogP contribution in [0.2, 0.25) is 0 Å². The van der Waals surface area contributed by atoms with E-state index in [1.54, 1.807) is 0 Å². The Bertz CT molecular complexity index is 509. The van der Waals surface area contributed by atoms with Gasteiger partial charge in [0.2, 0.25) is 0 Å². The van der Waals surface area contributed by atoms with Crippen molar-refractivity contribution in [2.45, 2.75) is 57.8 Å². The maximum atomic E-state index is 11.8. The highest BCUT2D eigenvalue weighted by Gasteiger charge is 2.16. The number of carbonyl (C=O) groups excluding carboxylic acids is 2. The number of hydrogen-bond acceptors (Lipinski definition) is 7. The predicted molar refractivity (Wildman–Crippen MR) is 109 cm³/mol. The Morgan fingerprint density at radius 1 is 0.897 bits per heavy atom. The van der Waals surface area contributed by atoms with Crippen LogP contribution in [-0.4, -0.2) is 74.5 Å². The van der Waals surface area contributed by atoms with Gasteiger partial charge in [-0.15, -0.1) is 0 Å². The van der Waals surface area contributed by atoms with Crippen molar-refractivity contribution in [1.29, 1.82) is 0 Å². The van der Waals surface area contributed by atoms with Crippen LogP contribution in [0.3, 0.4) is 0 Å². The summed E-state index contributed by atoms with van der Waals surface area (Å²) in [5.41, 5.74) is 5.41. The van der Waals surface area contributed by atoms with E-state index in [9.17, 15) is 19.0 Å². The molecular weight excluding hydrogens is 399 g/mol. The molecule has 0 fully saturated rings. The molecule has 0 aliphatic carbocycles. The van der Waals surface area contributed by atoms with Gasteiger partial charge >= 0.3 is 0 Å². The third kappa shape index (κ3) is 20.4. The zero-order chi connectivity index (χ0) is 22.2. The van der Waals surface area contributed by atoms with Gasteiger partial charge in [-0.05, 0) is 32.2 Å². The van der Waals surface area contributed by atoms with E-state index in [4.69, 9.17) is 15.4 Å². The van der Waals surface area contributed by atoms with Crippen molar-refractivity contribution in [3.8, 4) is 0 Å². The van der Waals surface area contributed by atoms with Crippen molar-refractivity contribution in [2.24, 2.45) is 5.73 Å². The third-order valence-electron chi connectivity index (χ3n) is 4.61. The molecule has 29 heavy (non-hydrogen) atoms. The number of phosphoric ester groups is 1. The number of ketones is 2. The molecule has 0 aromatic heterocycles. The Morgan fingerprint density at radius 2 is 1.45 bits per heavy atom. The Kier molecular flexibility index (Phi) is 15.7. The maximum absolute atomic E-state index is 11.8. The minimum atomic E-state index is -4.67. The largest absolute Gasteiger partial charge is 0.756 e. The number of hydrogen-bond donors (Lipinski definition) is 2. The maximum Gasteiger partial charge on any atom is 0.265 e. The van der Waals surface area contributed by atoms with Crippen LogP contribution >= 0.6 is 7.82 Å². The van der Waals surface area contributed by atoms with Gasteiger partial charge in [0.05, 0.1) is 20.7 Å². The van der Waals surface area contributed by atoms with Gasteiger partial charge in [0, 0.05) is 32.3 Å². The lowest BCUT2D eigenvalue weighted by atomic mass is 10.0. The van der Waals surface area contributed by atoms with Gasteiger partial charge in [0.15, 0.2) is 0 Å². The molecule has 10 heteroatoms. The van der Waals surface area contributed by atoms with Crippen LogP contribution in [0.1, 0.15) is 57.8 Å². The molecule has 0 spiro atoms. The number of phosphoric acid groups is 1. The molecule has 0 amide bonds. The molecule has 0 aliphatic rings. The van der Waals surface area contributed by atoms with E-state index >= 15 is 0 Å². The van der Waals surface area contributed by atoms with E-state index in [1.165, 1.54) is 0 Å². The van der Waals surface area contributed by atoms with Gasteiger partial charge in [0.25, 0.3) is 7.82 Å². The molecule has 0 aromatic carbocycles. The van der Waals surface area contributed by atoms with Gasteiger partial charge in [0.1, 0.15) is 31.3 Å². The zero-order valence-corrected chi connectivity index (χ0v) is 18.9. The van der Waals surface area contributed by atoms with Gasteiger partial charge in [-0.25, -0.2) is 0 Å². The first-order valence-electron chi connectivity index (χ1n) is 10.4. The molecule has 0 aromatic rings. The fraction of sp³-hybridized carbons (Fsp3) is 0.895. The molecule has 1 atom stereocenters. The Labute approximate surface area is 174 Å². The van der Waals surface area contributed by atoms with Crippen molar-refractivity contribution in [2.75, 3.05) is 53.6 Å². The normalized spacial score (nSPS) is 14.0. The Hall–Kier alpha value is -0.670. The smallest absolute Gasteiger partial charge is 0.265 e. The minimum Gasteiger partial charge on any atom is -0.756 e. The molecule has 9 nitrogen and oxygen atoms in total. The number of unbranched alkanes of at least 4 members (excludes halogenated alkanes) is 2. The summed E-state index contributed by atoms with van der Waals surface area (Å²) in [5, 5.41) is 0. The number of rotatable bonds is 20. The highest BCUT2D eigenvalue weighted by Crippen LogP contribution is 2.29. The lowest BCUT2D eigenvalue weighted by molar-refractivity contribution is -0.890. The van der Waals surface area contributed by atoms with Gasteiger partial charge < -0.3 is 29.3 Å². The number of quaternary nitrogens is 1. The highest BCUT2D eigenvalue weighted by molar-refractivity contribution is 7.44. The van der Waals surface area contributed by atoms with E-state index in [0.717, 1.165) is 19.3 Å². The molecule has 172 valence electrons. The second kappa shape index (κ2) is 16.1. The molecule has 0 saturated carbocycles. The second-order valence-corrected chi connectivity index (χ2v) is 9.13. The molecule has 0 saturated heterocycles. The van der Waals surface area contributed by atoms with Crippen LogP contribution in [-0.2, 0) is 23.4 Å².